The van der Waals surface area contributed by atoms with Gasteiger partial charge in [0, 0.05) is 41.2 Å². The van der Waals surface area contributed by atoms with E-state index in [0.717, 1.165) is 18.8 Å². The predicted molar refractivity (Wildman–Crippen MR) is 82.6 cm³/mol. The molecule has 0 aliphatic carbocycles. The van der Waals surface area contributed by atoms with Gasteiger partial charge in [-0.15, -0.1) is 18.3 Å². The smallest absolute Gasteiger partial charge is 0.0539 e. The fraction of sp³-hybridized carbons (Fsp3) is 0.267. The summed E-state index contributed by atoms with van der Waals surface area (Å²) in [5.74, 6) is 0.923. The maximum atomic E-state index is 4.28. The van der Waals surface area contributed by atoms with Crippen molar-refractivity contribution in [3.8, 4) is 0 Å². The van der Waals surface area contributed by atoms with Crippen LogP contribution in [0.2, 0.25) is 0 Å². The van der Waals surface area contributed by atoms with Crippen molar-refractivity contribution in [1.82, 2.24) is 9.78 Å². The van der Waals surface area contributed by atoms with E-state index in [0.29, 0.717) is 0 Å². The van der Waals surface area contributed by atoms with Gasteiger partial charge in [-0.1, -0.05) is 18.2 Å². The summed E-state index contributed by atoms with van der Waals surface area (Å²) in [5.41, 5.74) is 2.36. The van der Waals surface area contributed by atoms with Crippen LogP contribution < -0.4 is 5.32 Å². The molecular formula is C15H19N3S. The van der Waals surface area contributed by atoms with Crippen LogP contribution in [0.15, 0.2) is 54.2 Å². The van der Waals surface area contributed by atoms with Gasteiger partial charge in [-0.2, -0.15) is 5.10 Å². The monoisotopic (exact) mass is 273 g/mol. The zero-order chi connectivity index (χ0) is 13.5. The van der Waals surface area contributed by atoms with Crippen molar-refractivity contribution >= 4 is 17.4 Å². The number of aromatic nitrogens is 2. The number of nitrogens with one attached hydrogen (secondary N) is 1. The Bertz CT molecular complexity index is 534. The molecule has 0 aliphatic rings. The number of anilines is 1. The Balaban J connectivity index is 2.00. The molecule has 0 unspecified atom stereocenters. The van der Waals surface area contributed by atoms with E-state index in [4.69, 9.17) is 0 Å². The molecule has 2 aromatic rings. The Morgan fingerprint density at radius 2 is 2.26 bits per heavy atom. The second-order valence-corrected chi connectivity index (χ2v) is 5.22. The largest absolute Gasteiger partial charge is 0.380 e. The third-order valence-corrected chi connectivity index (χ3v) is 3.81. The van der Waals surface area contributed by atoms with Crippen molar-refractivity contribution in [3.63, 3.8) is 0 Å². The van der Waals surface area contributed by atoms with Gasteiger partial charge >= 0.3 is 0 Å². The zero-order valence-electron chi connectivity index (χ0n) is 11.2. The van der Waals surface area contributed by atoms with E-state index < -0.39 is 0 Å². The highest BCUT2D eigenvalue weighted by Gasteiger charge is 2.02. The van der Waals surface area contributed by atoms with E-state index in [1.165, 1.54) is 16.1 Å². The molecule has 0 fully saturated rings. The molecule has 100 valence electrons. The quantitative estimate of drug-likeness (QED) is 0.615. The topological polar surface area (TPSA) is 29.9 Å². The number of thioether (sulfide) groups is 1. The number of rotatable bonds is 7. The number of nitrogens with zero attached hydrogens (tertiary/aromatic N) is 2. The fourth-order valence-corrected chi connectivity index (χ4v) is 2.52. The van der Waals surface area contributed by atoms with E-state index in [2.05, 4.69) is 54.4 Å². The van der Waals surface area contributed by atoms with E-state index in [9.17, 15) is 0 Å². The second-order valence-electron chi connectivity index (χ2n) is 4.15. The molecule has 2 rings (SSSR count). The lowest BCUT2D eigenvalue weighted by Gasteiger charge is -2.10. The first-order chi connectivity index (χ1) is 9.33. The Hall–Kier alpha value is -1.68. The van der Waals surface area contributed by atoms with Crippen molar-refractivity contribution in [2.24, 2.45) is 0 Å². The summed E-state index contributed by atoms with van der Waals surface area (Å²) in [6.45, 7) is 7.55. The Kier molecular flexibility index (Phi) is 5.10. The Labute approximate surface area is 118 Å². The molecule has 4 heteroatoms. The molecule has 0 aliphatic heterocycles. The molecule has 0 bridgehead atoms. The van der Waals surface area contributed by atoms with Crippen molar-refractivity contribution < 1.29 is 0 Å². The average Bonchev–Trinajstić information content (AvgIpc) is 2.91. The van der Waals surface area contributed by atoms with Gasteiger partial charge in [0.25, 0.3) is 0 Å². The van der Waals surface area contributed by atoms with Crippen molar-refractivity contribution in [3.05, 3.63) is 54.9 Å². The molecule has 3 nitrogen and oxygen atoms in total. The third-order valence-electron chi connectivity index (χ3n) is 2.74. The lowest BCUT2D eigenvalue weighted by molar-refractivity contribution is 0.659. The second kappa shape index (κ2) is 7.04. The summed E-state index contributed by atoms with van der Waals surface area (Å²) in [6.07, 6.45) is 5.91. The minimum Gasteiger partial charge on any atom is -0.380 e. The van der Waals surface area contributed by atoms with Gasteiger partial charge in [-0.25, -0.2) is 0 Å². The molecule has 1 N–H and O–H groups in total. The third kappa shape index (κ3) is 3.89. The van der Waals surface area contributed by atoms with E-state index in [-0.39, 0.29) is 0 Å². The number of hydrogen-bond acceptors (Lipinski definition) is 3. The Morgan fingerprint density at radius 3 is 3.00 bits per heavy atom. The predicted octanol–water partition coefficient (Wildman–Crippen LogP) is 3.79. The van der Waals surface area contributed by atoms with Gasteiger partial charge < -0.3 is 5.32 Å². The van der Waals surface area contributed by atoms with Crippen molar-refractivity contribution in [1.29, 1.82) is 0 Å². The van der Waals surface area contributed by atoms with Crippen LogP contribution in [-0.2, 0) is 13.1 Å². The van der Waals surface area contributed by atoms with Crippen LogP contribution in [0.1, 0.15) is 12.5 Å². The first kappa shape index (κ1) is 13.7. The number of para-hydroxylation sites is 1. The van der Waals surface area contributed by atoms with Crippen LogP contribution in [0.3, 0.4) is 0 Å². The maximum Gasteiger partial charge on any atom is 0.0539 e. The molecule has 0 amide bonds. The molecule has 0 radical (unpaired) electrons. The van der Waals surface area contributed by atoms with Gasteiger partial charge in [-0.05, 0) is 19.1 Å². The van der Waals surface area contributed by atoms with Gasteiger partial charge in [-0.3, -0.25) is 4.68 Å². The first-order valence-electron chi connectivity index (χ1n) is 6.41. The van der Waals surface area contributed by atoms with Crippen LogP contribution in [0.5, 0.6) is 0 Å². The zero-order valence-corrected chi connectivity index (χ0v) is 12.0. The van der Waals surface area contributed by atoms with Gasteiger partial charge in [0.1, 0.15) is 0 Å². The molecule has 0 saturated heterocycles. The highest BCUT2D eigenvalue weighted by Crippen LogP contribution is 2.27. The van der Waals surface area contributed by atoms with Gasteiger partial charge in [0.2, 0.25) is 0 Å². The summed E-state index contributed by atoms with van der Waals surface area (Å²) in [7, 11) is 0. The van der Waals surface area contributed by atoms with Crippen molar-refractivity contribution in [2.45, 2.75) is 24.9 Å². The highest BCUT2D eigenvalue weighted by molar-refractivity contribution is 7.99. The molecule has 0 atom stereocenters. The summed E-state index contributed by atoms with van der Waals surface area (Å²) in [5, 5.41) is 7.74. The van der Waals surface area contributed by atoms with Gasteiger partial charge in [0.15, 0.2) is 0 Å². The minimum absolute atomic E-state index is 0.797. The van der Waals surface area contributed by atoms with Gasteiger partial charge in [0.05, 0.1) is 6.20 Å². The van der Waals surface area contributed by atoms with Crippen LogP contribution in [-0.4, -0.2) is 15.5 Å². The minimum atomic E-state index is 0.797. The maximum absolute atomic E-state index is 4.28. The molecule has 1 aromatic carbocycles. The van der Waals surface area contributed by atoms with Crippen LogP contribution >= 0.6 is 11.8 Å². The van der Waals surface area contributed by atoms with E-state index in [1.54, 1.807) is 11.8 Å². The molecule has 0 saturated carbocycles. The van der Waals surface area contributed by atoms with Crippen LogP contribution in [0.4, 0.5) is 5.69 Å². The first-order valence-corrected chi connectivity index (χ1v) is 7.40. The molecule has 1 heterocycles. The molecular weight excluding hydrogens is 254 g/mol. The number of benzene rings is 1. The number of hydrogen-bond donors (Lipinski definition) is 1. The van der Waals surface area contributed by atoms with E-state index >= 15 is 0 Å². The van der Waals surface area contributed by atoms with Crippen LogP contribution in [0.25, 0.3) is 0 Å². The molecule has 19 heavy (non-hydrogen) atoms. The summed E-state index contributed by atoms with van der Waals surface area (Å²) in [6, 6.07) is 8.35. The lowest BCUT2D eigenvalue weighted by Crippen LogP contribution is -2.00. The number of aryl methyl sites for hydroxylation is 1. The SMILES string of the molecule is C=CCSc1ccccc1NCc1cnn(CC)c1. The highest BCUT2D eigenvalue weighted by atomic mass is 32.2. The van der Waals surface area contributed by atoms with Crippen molar-refractivity contribution in [2.75, 3.05) is 11.1 Å². The standard InChI is InChI=1S/C15H19N3S/c1-3-9-19-15-8-6-5-7-14(15)16-10-13-11-17-18(4-2)12-13/h3,5-8,11-12,16H,1,4,9-10H2,2H3. The summed E-state index contributed by atoms with van der Waals surface area (Å²) < 4.78 is 1.94. The summed E-state index contributed by atoms with van der Waals surface area (Å²) in [4.78, 5) is 1.25. The molecule has 0 spiro atoms. The Morgan fingerprint density at radius 1 is 1.42 bits per heavy atom. The normalized spacial score (nSPS) is 10.4. The van der Waals surface area contributed by atoms with E-state index in [1.807, 2.05) is 17.0 Å². The summed E-state index contributed by atoms with van der Waals surface area (Å²) >= 11 is 1.79. The lowest BCUT2D eigenvalue weighted by atomic mass is 10.3. The van der Waals surface area contributed by atoms with Crippen LogP contribution in [0, 0.1) is 0 Å². The fourth-order valence-electron chi connectivity index (χ4n) is 1.76. The average molecular weight is 273 g/mol. The molecule has 1 aromatic heterocycles.